The Morgan fingerprint density at radius 3 is 2.19 bits per heavy atom. The van der Waals surface area contributed by atoms with E-state index in [-0.39, 0.29) is 17.9 Å². The zero-order chi connectivity index (χ0) is 22.5. The number of benzene rings is 2. The second-order valence-corrected chi connectivity index (χ2v) is 8.86. The minimum Gasteiger partial charge on any atom is -0.481 e. The molecule has 5 heteroatoms. The average Bonchev–Trinajstić information content (AvgIpc) is 2.76. The van der Waals surface area contributed by atoms with Crippen LogP contribution < -0.4 is 10.1 Å². The van der Waals surface area contributed by atoms with Crippen molar-refractivity contribution in [2.24, 2.45) is 0 Å². The van der Waals surface area contributed by atoms with Gasteiger partial charge in [-0.3, -0.25) is 9.59 Å². The molecule has 166 valence electrons. The van der Waals surface area contributed by atoms with E-state index >= 15 is 0 Å². The van der Waals surface area contributed by atoms with E-state index in [0.29, 0.717) is 24.8 Å². The molecule has 1 heterocycles. The molecular formula is C26H34N2O3. The molecule has 0 bridgehead atoms. The zero-order valence-corrected chi connectivity index (χ0v) is 19.3. The van der Waals surface area contributed by atoms with Crippen LogP contribution in [0.25, 0.3) is 0 Å². The molecule has 1 saturated heterocycles. The van der Waals surface area contributed by atoms with Crippen LogP contribution in [0.3, 0.4) is 0 Å². The number of carbonyl (C=O) groups excluding carboxylic acids is 2. The number of hydrogen-bond acceptors (Lipinski definition) is 3. The molecule has 2 aromatic carbocycles. The van der Waals surface area contributed by atoms with Gasteiger partial charge in [0, 0.05) is 24.7 Å². The molecule has 31 heavy (non-hydrogen) atoms. The number of rotatable bonds is 6. The zero-order valence-electron chi connectivity index (χ0n) is 19.3. The molecule has 2 aromatic rings. The first-order valence-electron chi connectivity index (χ1n) is 11.2. The quantitative estimate of drug-likeness (QED) is 0.739. The molecule has 1 unspecified atom stereocenters. The number of nitrogens with zero attached hydrogens (tertiary/aromatic N) is 1. The summed E-state index contributed by atoms with van der Waals surface area (Å²) in [7, 11) is 0. The Labute approximate surface area is 185 Å². The van der Waals surface area contributed by atoms with Crippen LogP contribution in [0, 0.1) is 13.8 Å². The number of likely N-dealkylation sites (tertiary alicyclic amines) is 1. The Morgan fingerprint density at radius 1 is 0.968 bits per heavy atom. The van der Waals surface area contributed by atoms with Crippen LogP contribution in [0.5, 0.6) is 5.75 Å². The van der Waals surface area contributed by atoms with Crippen molar-refractivity contribution < 1.29 is 14.3 Å². The summed E-state index contributed by atoms with van der Waals surface area (Å²) >= 11 is 0. The summed E-state index contributed by atoms with van der Waals surface area (Å²) in [5.41, 5.74) is 4.29. The summed E-state index contributed by atoms with van der Waals surface area (Å²) in [6, 6.07) is 13.8. The Hall–Kier alpha value is -2.82. The van der Waals surface area contributed by atoms with E-state index in [2.05, 4.69) is 19.2 Å². The molecule has 1 aliphatic rings. The van der Waals surface area contributed by atoms with Gasteiger partial charge in [-0.1, -0.05) is 32.0 Å². The van der Waals surface area contributed by atoms with Crippen LogP contribution in [-0.4, -0.2) is 41.9 Å². The third-order valence-corrected chi connectivity index (χ3v) is 6.11. The number of amides is 2. The number of ether oxygens (including phenoxy) is 1. The summed E-state index contributed by atoms with van der Waals surface area (Å²) in [5, 5.41) is 3.08. The van der Waals surface area contributed by atoms with E-state index in [1.165, 1.54) is 11.1 Å². The third-order valence-electron chi connectivity index (χ3n) is 6.11. The molecule has 0 aromatic heterocycles. The van der Waals surface area contributed by atoms with E-state index in [0.717, 1.165) is 24.0 Å². The van der Waals surface area contributed by atoms with Crippen molar-refractivity contribution >= 4 is 11.8 Å². The average molecular weight is 423 g/mol. The fourth-order valence-electron chi connectivity index (χ4n) is 3.79. The van der Waals surface area contributed by atoms with Gasteiger partial charge < -0.3 is 15.0 Å². The Bertz CT molecular complexity index is 913. The van der Waals surface area contributed by atoms with Crippen molar-refractivity contribution in [1.29, 1.82) is 0 Å². The molecule has 0 aliphatic carbocycles. The molecule has 0 radical (unpaired) electrons. The number of piperidine rings is 1. The molecule has 0 spiro atoms. The Kier molecular flexibility index (Phi) is 7.37. The van der Waals surface area contributed by atoms with Crippen LogP contribution in [0.4, 0.5) is 0 Å². The van der Waals surface area contributed by atoms with E-state index in [4.69, 9.17) is 4.74 Å². The van der Waals surface area contributed by atoms with Gasteiger partial charge in [0.1, 0.15) is 5.75 Å². The fourth-order valence-corrected chi connectivity index (χ4v) is 3.79. The van der Waals surface area contributed by atoms with Crippen molar-refractivity contribution in [1.82, 2.24) is 10.2 Å². The van der Waals surface area contributed by atoms with Crippen molar-refractivity contribution in [2.75, 3.05) is 13.1 Å². The number of carbonyl (C=O) groups is 2. The summed E-state index contributed by atoms with van der Waals surface area (Å²) in [4.78, 5) is 27.2. The SMILES string of the molecule is Cc1ccc(C(=O)N2CCC(NC(=O)C(C)Oc3ccc(C(C)C)cc3)CC2)cc1C. The van der Waals surface area contributed by atoms with Gasteiger partial charge in [-0.2, -0.15) is 0 Å². The van der Waals surface area contributed by atoms with Crippen molar-refractivity contribution in [3.8, 4) is 5.75 Å². The fraction of sp³-hybridized carbons (Fsp3) is 0.462. The van der Waals surface area contributed by atoms with Gasteiger partial charge in [-0.05, 0) is 80.5 Å². The molecule has 3 rings (SSSR count). The molecule has 1 atom stereocenters. The van der Waals surface area contributed by atoms with Gasteiger partial charge in [-0.25, -0.2) is 0 Å². The van der Waals surface area contributed by atoms with E-state index in [1.54, 1.807) is 6.92 Å². The Balaban J connectivity index is 1.47. The van der Waals surface area contributed by atoms with E-state index in [1.807, 2.05) is 61.2 Å². The minimum absolute atomic E-state index is 0.0608. The molecule has 1 fully saturated rings. The maximum Gasteiger partial charge on any atom is 0.260 e. The lowest BCUT2D eigenvalue weighted by atomic mass is 10.0. The first-order chi connectivity index (χ1) is 14.7. The van der Waals surface area contributed by atoms with Crippen LogP contribution in [-0.2, 0) is 4.79 Å². The standard InChI is InChI=1S/C26H34N2O3/c1-17(2)21-8-10-24(11-9-21)31-20(5)25(29)27-23-12-14-28(15-13-23)26(30)22-7-6-18(3)19(4)16-22/h6-11,16-17,20,23H,12-15H2,1-5H3,(H,27,29). The van der Waals surface area contributed by atoms with Gasteiger partial charge in [0.25, 0.3) is 11.8 Å². The van der Waals surface area contributed by atoms with E-state index < -0.39 is 6.10 Å². The molecular weight excluding hydrogens is 388 g/mol. The second-order valence-electron chi connectivity index (χ2n) is 8.86. The van der Waals surface area contributed by atoms with Gasteiger partial charge in [0.2, 0.25) is 0 Å². The lowest BCUT2D eigenvalue weighted by Gasteiger charge is -2.33. The highest BCUT2D eigenvalue weighted by Gasteiger charge is 2.26. The maximum absolute atomic E-state index is 12.8. The molecule has 2 amide bonds. The highest BCUT2D eigenvalue weighted by atomic mass is 16.5. The van der Waals surface area contributed by atoms with Crippen LogP contribution in [0.2, 0.25) is 0 Å². The van der Waals surface area contributed by atoms with Gasteiger partial charge in [0.15, 0.2) is 6.10 Å². The first kappa shape index (κ1) is 22.9. The lowest BCUT2D eigenvalue weighted by molar-refractivity contribution is -0.128. The minimum atomic E-state index is -0.569. The number of aryl methyl sites for hydroxylation is 2. The number of hydrogen-bond donors (Lipinski definition) is 1. The van der Waals surface area contributed by atoms with Crippen LogP contribution in [0.15, 0.2) is 42.5 Å². The normalized spacial score (nSPS) is 15.6. The smallest absolute Gasteiger partial charge is 0.260 e. The molecule has 1 aliphatic heterocycles. The predicted molar refractivity (Wildman–Crippen MR) is 124 cm³/mol. The monoisotopic (exact) mass is 422 g/mol. The Morgan fingerprint density at radius 2 is 1.61 bits per heavy atom. The van der Waals surface area contributed by atoms with Crippen LogP contribution in [0.1, 0.15) is 66.6 Å². The topological polar surface area (TPSA) is 58.6 Å². The lowest BCUT2D eigenvalue weighted by Crippen LogP contribution is -2.49. The second kappa shape index (κ2) is 9.99. The highest BCUT2D eigenvalue weighted by Crippen LogP contribution is 2.20. The molecule has 1 N–H and O–H groups in total. The maximum atomic E-state index is 12.8. The summed E-state index contributed by atoms with van der Waals surface area (Å²) < 4.78 is 5.81. The van der Waals surface area contributed by atoms with Gasteiger partial charge in [0.05, 0.1) is 0 Å². The van der Waals surface area contributed by atoms with Gasteiger partial charge >= 0.3 is 0 Å². The summed E-state index contributed by atoms with van der Waals surface area (Å²) in [6.07, 6.45) is 0.927. The van der Waals surface area contributed by atoms with E-state index in [9.17, 15) is 9.59 Å². The first-order valence-corrected chi connectivity index (χ1v) is 11.2. The van der Waals surface area contributed by atoms with Gasteiger partial charge in [-0.15, -0.1) is 0 Å². The van der Waals surface area contributed by atoms with Crippen molar-refractivity contribution in [3.05, 3.63) is 64.7 Å². The molecule has 0 saturated carbocycles. The highest BCUT2D eigenvalue weighted by molar-refractivity contribution is 5.94. The van der Waals surface area contributed by atoms with Crippen molar-refractivity contribution in [2.45, 2.75) is 65.5 Å². The molecule has 5 nitrogen and oxygen atoms in total. The predicted octanol–water partition coefficient (Wildman–Crippen LogP) is 4.62. The van der Waals surface area contributed by atoms with Crippen molar-refractivity contribution in [3.63, 3.8) is 0 Å². The third kappa shape index (κ3) is 5.87. The largest absolute Gasteiger partial charge is 0.481 e. The summed E-state index contributed by atoms with van der Waals surface area (Å²) in [5.74, 6) is 1.10. The number of nitrogens with one attached hydrogen (secondary N) is 1. The van der Waals surface area contributed by atoms with Crippen LogP contribution >= 0.6 is 0 Å². The summed E-state index contributed by atoms with van der Waals surface area (Å²) in [6.45, 7) is 11.4.